The van der Waals surface area contributed by atoms with Gasteiger partial charge in [-0.15, -0.1) is 0 Å². The van der Waals surface area contributed by atoms with Gasteiger partial charge in [-0.3, -0.25) is 4.79 Å². The Balaban J connectivity index is 1.74. The van der Waals surface area contributed by atoms with Crippen molar-refractivity contribution in [2.24, 2.45) is 7.05 Å². The Morgan fingerprint density at radius 2 is 2.08 bits per heavy atom. The van der Waals surface area contributed by atoms with Crippen LogP contribution in [0.15, 0.2) is 59.4 Å². The highest BCUT2D eigenvalue weighted by atomic mass is 16.3. The van der Waals surface area contributed by atoms with Crippen LogP contribution in [0.5, 0.6) is 0 Å². The van der Waals surface area contributed by atoms with Gasteiger partial charge in [-0.1, -0.05) is 18.2 Å². The number of carbonyl (C=O) groups excluding carboxylic acids is 1. The van der Waals surface area contributed by atoms with Gasteiger partial charge in [-0.2, -0.15) is 0 Å². The standard InChI is InChI=1S/C20H23N3O2/c1-22(2)19(13-21-20(24)11-10-15-7-6-12-25-15)17-14-23(3)18-9-5-4-8-16(17)18/h4-12,14,19H,13H2,1-3H3,(H,21,24)/b11-10+/t19-/m0/s1. The van der Waals surface area contributed by atoms with Gasteiger partial charge in [-0.05, 0) is 43.9 Å². The van der Waals surface area contributed by atoms with Crippen molar-refractivity contribution in [1.29, 1.82) is 0 Å². The number of rotatable bonds is 6. The third-order valence-electron chi connectivity index (χ3n) is 4.32. The van der Waals surface area contributed by atoms with E-state index in [1.807, 2.05) is 39.3 Å². The summed E-state index contributed by atoms with van der Waals surface area (Å²) >= 11 is 0. The molecule has 0 unspecified atom stereocenters. The molecule has 3 aromatic rings. The number of nitrogens with zero attached hydrogens (tertiary/aromatic N) is 2. The number of hydrogen-bond donors (Lipinski definition) is 1. The molecule has 0 aliphatic rings. The van der Waals surface area contributed by atoms with Crippen molar-refractivity contribution in [2.45, 2.75) is 6.04 Å². The molecular formula is C20H23N3O2. The molecule has 0 radical (unpaired) electrons. The molecule has 1 aromatic carbocycles. The van der Waals surface area contributed by atoms with E-state index in [4.69, 9.17) is 4.42 Å². The molecule has 1 atom stereocenters. The van der Waals surface area contributed by atoms with E-state index in [2.05, 4.69) is 33.1 Å². The van der Waals surface area contributed by atoms with E-state index in [1.165, 1.54) is 22.5 Å². The first-order valence-electron chi connectivity index (χ1n) is 8.26. The monoisotopic (exact) mass is 337 g/mol. The molecular weight excluding hydrogens is 314 g/mol. The predicted octanol–water partition coefficient (Wildman–Crippen LogP) is 3.20. The zero-order valence-electron chi connectivity index (χ0n) is 14.8. The summed E-state index contributed by atoms with van der Waals surface area (Å²) in [6.07, 6.45) is 6.88. The Kier molecular flexibility index (Phi) is 5.05. The van der Waals surface area contributed by atoms with E-state index in [9.17, 15) is 4.79 Å². The van der Waals surface area contributed by atoms with Crippen molar-refractivity contribution in [1.82, 2.24) is 14.8 Å². The van der Waals surface area contributed by atoms with Crippen LogP contribution >= 0.6 is 0 Å². The van der Waals surface area contributed by atoms with Crippen LogP contribution < -0.4 is 5.32 Å². The van der Waals surface area contributed by atoms with E-state index in [1.54, 1.807) is 18.4 Å². The van der Waals surface area contributed by atoms with Gasteiger partial charge in [-0.25, -0.2) is 0 Å². The number of para-hydroxylation sites is 1. The highest BCUT2D eigenvalue weighted by molar-refractivity contribution is 5.91. The van der Waals surface area contributed by atoms with Crippen LogP contribution in [0.3, 0.4) is 0 Å². The zero-order valence-corrected chi connectivity index (χ0v) is 14.8. The molecule has 0 bridgehead atoms. The molecule has 0 aliphatic heterocycles. The number of aryl methyl sites for hydroxylation is 1. The lowest BCUT2D eigenvalue weighted by molar-refractivity contribution is -0.116. The lowest BCUT2D eigenvalue weighted by atomic mass is 10.0. The van der Waals surface area contributed by atoms with Gasteiger partial charge in [0.2, 0.25) is 5.91 Å². The van der Waals surface area contributed by atoms with Crippen molar-refractivity contribution >= 4 is 22.9 Å². The van der Waals surface area contributed by atoms with Gasteiger partial charge < -0.3 is 19.2 Å². The maximum Gasteiger partial charge on any atom is 0.244 e. The second-order valence-electron chi connectivity index (χ2n) is 6.29. The molecule has 130 valence electrons. The minimum absolute atomic E-state index is 0.0899. The topological polar surface area (TPSA) is 50.4 Å². The smallest absolute Gasteiger partial charge is 0.244 e. The molecule has 0 saturated heterocycles. The first kappa shape index (κ1) is 17.0. The molecule has 2 heterocycles. The number of hydrogen-bond acceptors (Lipinski definition) is 3. The predicted molar refractivity (Wildman–Crippen MR) is 100 cm³/mol. The Morgan fingerprint density at radius 3 is 2.80 bits per heavy atom. The van der Waals surface area contributed by atoms with Crippen molar-refractivity contribution < 1.29 is 9.21 Å². The second kappa shape index (κ2) is 7.40. The molecule has 0 aliphatic carbocycles. The van der Waals surface area contributed by atoms with Gasteiger partial charge in [0.1, 0.15) is 5.76 Å². The summed E-state index contributed by atoms with van der Waals surface area (Å²) in [7, 11) is 6.10. The maximum atomic E-state index is 12.1. The minimum atomic E-state index is -0.136. The van der Waals surface area contributed by atoms with Crippen LogP contribution in [-0.4, -0.2) is 36.0 Å². The number of carbonyl (C=O) groups is 1. The van der Waals surface area contributed by atoms with Gasteiger partial charge in [0.25, 0.3) is 0 Å². The lowest BCUT2D eigenvalue weighted by Crippen LogP contribution is -2.33. The third kappa shape index (κ3) is 3.83. The van der Waals surface area contributed by atoms with Crippen molar-refractivity contribution in [3.8, 4) is 0 Å². The van der Waals surface area contributed by atoms with Crippen LogP contribution in [0.2, 0.25) is 0 Å². The normalized spacial score (nSPS) is 13.0. The van der Waals surface area contributed by atoms with Crippen molar-refractivity contribution in [3.05, 3.63) is 66.3 Å². The fourth-order valence-electron chi connectivity index (χ4n) is 3.01. The lowest BCUT2D eigenvalue weighted by Gasteiger charge is -2.24. The highest BCUT2D eigenvalue weighted by Gasteiger charge is 2.19. The number of benzene rings is 1. The Labute approximate surface area is 147 Å². The number of furan rings is 1. The van der Waals surface area contributed by atoms with Crippen LogP contribution in [0.25, 0.3) is 17.0 Å². The molecule has 1 N–H and O–H groups in total. The molecule has 0 spiro atoms. The molecule has 5 nitrogen and oxygen atoms in total. The summed E-state index contributed by atoms with van der Waals surface area (Å²) in [6.45, 7) is 0.530. The first-order valence-corrected chi connectivity index (χ1v) is 8.26. The van der Waals surface area contributed by atoms with Crippen LogP contribution in [0.4, 0.5) is 0 Å². The Bertz CT molecular complexity index is 876. The largest absolute Gasteiger partial charge is 0.465 e. The van der Waals surface area contributed by atoms with E-state index in [0.717, 1.165) is 0 Å². The fraction of sp³-hybridized carbons (Fsp3) is 0.250. The average Bonchev–Trinajstić information content (AvgIpc) is 3.22. The van der Waals surface area contributed by atoms with E-state index in [-0.39, 0.29) is 11.9 Å². The number of amides is 1. The molecule has 3 rings (SSSR count). The van der Waals surface area contributed by atoms with Crippen molar-refractivity contribution in [2.75, 3.05) is 20.6 Å². The van der Waals surface area contributed by atoms with E-state index in [0.29, 0.717) is 12.3 Å². The van der Waals surface area contributed by atoms with Crippen molar-refractivity contribution in [3.63, 3.8) is 0 Å². The van der Waals surface area contributed by atoms with Crippen LogP contribution in [0.1, 0.15) is 17.4 Å². The SMILES string of the molecule is CN(C)[C@@H](CNC(=O)/C=C/c1ccco1)c1cn(C)c2ccccc12. The number of likely N-dealkylation sites (N-methyl/N-ethyl adjacent to an activating group) is 1. The van der Waals surface area contributed by atoms with Gasteiger partial charge in [0, 0.05) is 36.8 Å². The molecule has 5 heteroatoms. The summed E-state index contributed by atoms with van der Waals surface area (Å²) < 4.78 is 7.31. The number of aromatic nitrogens is 1. The number of nitrogens with one attached hydrogen (secondary N) is 1. The molecule has 0 fully saturated rings. The summed E-state index contributed by atoms with van der Waals surface area (Å²) in [5.41, 5.74) is 2.40. The Hall–Kier alpha value is -2.79. The third-order valence-corrected chi connectivity index (χ3v) is 4.32. The second-order valence-corrected chi connectivity index (χ2v) is 6.29. The van der Waals surface area contributed by atoms with Crippen LogP contribution in [-0.2, 0) is 11.8 Å². The molecule has 2 aromatic heterocycles. The summed E-state index contributed by atoms with van der Waals surface area (Å²) in [4.78, 5) is 14.2. The van der Waals surface area contributed by atoms with E-state index >= 15 is 0 Å². The highest BCUT2D eigenvalue weighted by Crippen LogP contribution is 2.28. The quantitative estimate of drug-likeness (QED) is 0.703. The first-order chi connectivity index (χ1) is 12.1. The zero-order chi connectivity index (χ0) is 17.8. The summed E-state index contributed by atoms with van der Waals surface area (Å²) in [6, 6.07) is 12.0. The van der Waals surface area contributed by atoms with Crippen LogP contribution in [0, 0.1) is 0 Å². The Morgan fingerprint density at radius 1 is 1.28 bits per heavy atom. The number of fused-ring (bicyclic) bond motifs is 1. The van der Waals surface area contributed by atoms with Gasteiger partial charge in [0.15, 0.2) is 0 Å². The average molecular weight is 337 g/mol. The fourth-order valence-corrected chi connectivity index (χ4v) is 3.01. The maximum absolute atomic E-state index is 12.1. The van der Waals surface area contributed by atoms with Gasteiger partial charge in [0.05, 0.1) is 12.3 Å². The van der Waals surface area contributed by atoms with Gasteiger partial charge >= 0.3 is 0 Å². The van der Waals surface area contributed by atoms with E-state index < -0.39 is 0 Å². The summed E-state index contributed by atoms with van der Waals surface area (Å²) in [5.74, 6) is 0.525. The minimum Gasteiger partial charge on any atom is -0.465 e. The molecule has 1 amide bonds. The summed E-state index contributed by atoms with van der Waals surface area (Å²) in [5, 5.41) is 4.19. The molecule has 25 heavy (non-hydrogen) atoms. The molecule has 0 saturated carbocycles.